The normalized spacial score (nSPS) is 10.9. The lowest BCUT2D eigenvalue weighted by Gasteiger charge is -2.19. The van der Waals surface area contributed by atoms with Crippen LogP contribution in [-0.4, -0.2) is 24.1 Å². The first-order valence-electron chi connectivity index (χ1n) is 7.06. The van der Waals surface area contributed by atoms with Gasteiger partial charge >= 0.3 is 6.09 Å². The number of aryl methyl sites for hydroxylation is 1. The molecule has 0 fully saturated rings. The Morgan fingerprint density at radius 2 is 1.81 bits per heavy atom. The smallest absolute Gasteiger partial charge is 0.407 e. The van der Waals surface area contributed by atoms with Gasteiger partial charge < -0.3 is 15.4 Å². The van der Waals surface area contributed by atoms with Crippen molar-refractivity contribution in [3.8, 4) is 0 Å². The van der Waals surface area contributed by atoms with E-state index < -0.39 is 11.7 Å². The molecule has 0 atom stereocenters. The topological polar surface area (TPSA) is 67.4 Å². The quantitative estimate of drug-likeness (QED) is 0.876. The van der Waals surface area contributed by atoms with E-state index in [4.69, 9.17) is 4.74 Å². The second-order valence-corrected chi connectivity index (χ2v) is 5.88. The number of alkyl carbamates (subject to hydrolysis) is 1. The van der Waals surface area contributed by atoms with E-state index >= 15 is 0 Å². The zero-order chi connectivity index (χ0) is 15.9. The van der Waals surface area contributed by atoms with E-state index in [1.165, 1.54) is 0 Å². The minimum absolute atomic E-state index is 0.102. The van der Waals surface area contributed by atoms with Crippen LogP contribution in [0.25, 0.3) is 0 Å². The van der Waals surface area contributed by atoms with Gasteiger partial charge in [0.2, 0.25) is 5.91 Å². The van der Waals surface area contributed by atoms with Crippen molar-refractivity contribution < 1.29 is 14.3 Å². The number of ether oxygens (including phenoxy) is 1. The molecule has 116 valence electrons. The predicted octanol–water partition coefficient (Wildman–Crippen LogP) is 2.53. The van der Waals surface area contributed by atoms with E-state index in [-0.39, 0.29) is 18.9 Å². The number of nitrogens with one attached hydrogen (secondary N) is 2. The van der Waals surface area contributed by atoms with Crippen molar-refractivity contribution in [3.63, 3.8) is 0 Å². The van der Waals surface area contributed by atoms with Gasteiger partial charge in [0, 0.05) is 19.5 Å². The van der Waals surface area contributed by atoms with Gasteiger partial charge in [0.25, 0.3) is 0 Å². The molecule has 0 aromatic heterocycles. The number of hydrogen-bond donors (Lipinski definition) is 2. The van der Waals surface area contributed by atoms with Crippen LogP contribution < -0.4 is 10.6 Å². The Hall–Kier alpha value is -2.04. The molecule has 1 aromatic rings. The molecule has 0 saturated carbocycles. The summed E-state index contributed by atoms with van der Waals surface area (Å²) in [5, 5.41) is 5.39. The molecule has 1 rings (SSSR count). The number of carbonyl (C=O) groups is 2. The van der Waals surface area contributed by atoms with Crippen LogP contribution in [0.2, 0.25) is 0 Å². The summed E-state index contributed by atoms with van der Waals surface area (Å²) in [6.07, 6.45) is -0.278. The first kappa shape index (κ1) is 17.0. The second kappa shape index (κ2) is 7.67. The maximum atomic E-state index is 11.7. The van der Waals surface area contributed by atoms with Gasteiger partial charge in [-0.1, -0.05) is 24.3 Å². The molecule has 21 heavy (non-hydrogen) atoms. The van der Waals surface area contributed by atoms with Crippen LogP contribution in [0, 0.1) is 6.92 Å². The number of rotatable bonds is 5. The van der Waals surface area contributed by atoms with E-state index in [0.717, 1.165) is 11.1 Å². The Kier molecular flexibility index (Phi) is 6.21. The van der Waals surface area contributed by atoms with Crippen LogP contribution in [0.3, 0.4) is 0 Å². The van der Waals surface area contributed by atoms with Gasteiger partial charge in [-0.25, -0.2) is 4.79 Å². The van der Waals surface area contributed by atoms with E-state index in [2.05, 4.69) is 10.6 Å². The molecule has 0 saturated heterocycles. The van der Waals surface area contributed by atoms with E-state index in [9.17, 15) is 9.59 Å². The molecule has 0 heterocycles. The minimum atomic E-state index is -0.531. The van der Waals surface area contributed by atoms with E-state index in [0.29, 0.717) is 6.54 Å². The van der Waals surface area contributed by atoms with Gasteiger partial charge in [0.1, 0.15) is 5.60 Å². The van der Waals surface area contributed by atoms with Crippen molar-refractivity contribution in [3.05, 3.63) is 35.4 Å². The third kappa shape index (κ3) is 7.34. The average molecular weight is 292 g/mol. The molecule has 0 bridgehead atoms. The summed E-state index contributed by atoms with van der Waals surface area (Å²) in [7, 11) is 0. The predicted molar refractivity (Wildman–Crippen MR) is 81.9 cm³/mol. The Morgan fingerprint density at radius 3 is 2.43 bits per heavy atom. The molecule has 5 heteroatoms. The molecule has 0 spiro atoms. The highest BCUT2D eigenvalue weighted by atomic mass is 16.6. The first-order valence-corrected chi connectivity index (χ1v) is 7.06. The Bertz CT molecular complexity index is 493. The molecule has 0 aliphatic rings. The Labute approximate surface area is 126 Å². The van der Waals surface area contributed by atoms with Gasteiger partial charge in [-0.2, -0.15) is 0 Å². The van der Waals surface area contributed by atoms with Crippen LogP contribution in [0.15, 0.2) is 24.3 Å². The van der Waals surface area contributed by atoms with Crippen molar-refractivity contribution in [2.24, 2.45) is 0 Å². The fourth-order valence-electron chi connectivity index (χ4n) is 1.68. The lowest BCUT2D eigenvalue weighted by molar-refractivity contribution is -0.121. The van der Waals surface area contributed by atoms with Crippen LogP contribution >= 0.6 is 0 Å². The maximum Gasteiger partial charge on any atom is 0.407 e. The van der Waals surface area contributed by atoms with Gasteiger partial charge in [-0.3, -0.25) is 4.79 Å². The highest BCUT2D eigenvalue weighted by molar-refractivity contribution is 5.77. The Morgan fingerprint density at radius 1 is 1.14 bits per heavy atom. The summed E-state index contributed by atoms with van der Waals surface area (Å²) in [6, 6.07) is 7.89. The highest BCUT2D eigenvalue weighted by Gasteiger charge is 2.15. The summed E-state index contributed by atoms with van der Waals surface area (Å²) >= 11 is 0. The molecule has 5 nitrogen and oxygen atoms in total. The van der Waals surface area contributed by atoms with Gasteiger partial charge in [-0.15, -0.1) is 0 Å². The molecule has 2 amide bonds. The van der Waals surface area contributed by atoms with Crippen LogP contribution in [0.5, 0.6) is 0 Å². The molecule has 0 aliphatic carbocycles. The Balaban J connectivity index is 2.23. The summed E-state index contributed by atoms with van der Waals surface area (Å²) in [5.41, 5.74) is 1.70. The fourth-order valence-corrected chi connectivity index (χ4v) is 1.68. The van der Waals surface area contributed by atoms with Crippen molar-refractivity contribution in [1.82, 2.24) is 10.6 Å². The third-order valence-electron chi connectivity index (χ3n) is 2.76. The van der Waals surface area contributed by atoms with E-state index in [1.54, 1.807) is 20.8 Å². The third-order valence-corrected chi connectivity index (χ3v) is 2.76. The van der Waals surface area contributed by atoms with Gasteiger partial charge in [0.15, 0.2) is 0 Å². The number of carbonyl (C=O) groups excluding carboxylic acids is 2. The van der Waals surface area contributed by atoms with Crippen molar-refractivity contribution in [1.29, 1.82) is 0 Å². The molecule has 0 radical (unpaired) electrons. The summed E-state index contributed by atoms with van der Waals surface area (Å²) in [6.45, 7) is 8.14. The standard InChI is InChI=1S/C16H24N2O3/c1-12-7-5-6-8-13(12)11-18-14(19)9-10-17-15(20)21-16(2,3)4/h5-8H,9-11H2,1-4H3,(H,17,20)(H,18,19). The SMILES string of the molecule is Cc1ccccc1CNC(=O)CCNC(=O)OC(C)(C)C. The lowest BCUT2D eigenvalue weighted by atomic mass is 10.1. The number of hydrogen-bond acceptors (Lipinski definition) is 3. The summed E-state index contributed by atoms with van der Waals surface area (Å²) < 4.78 is 5.08. The molecule has 2 N–H and O–H groups in total. The first-order chi connectivity index (χ1) is 9.78. The van der Waals surface area contributed by atoms with Crippen molar-refractivity contribution in [2.45, 2.75) is 46.3 Å². The zero-order valence-electron chi connectivity index (χ0n) is 13.2. The summed E-state index contributed by atoms with van der Waals surface area (Å²) in [5.74, 6) is -0.102. The largest absolute Gasteiger partial charge is 0.444 e. The zero-order valence-corrected chi connectivity index (χ0v) is 13.2. The highest BCUT2D eigenvalue weighted by Crippen LogP contribution is 2.07. The molecule has 0 aliphatic heterocycles. The summed E-state index contributed by atoms with van der Waals surface area (Å²) in [4.78, 5) is 23.1. The number of amides is 2. The lowest BCUT2D eigenvalue weighted by Crippen LogP contribution is -2.35. The molecular weight excluding hydrogens is 268 g/mol. The maximum absolute atomic E-state index is 11.7. The fraction of sp³-hybridized carbons (Fsp3) is 0.500. The molecular formula is C16H24N2O3. The monoisotopic (exact) mass is 292 g/mol. The minimum Gasteiger partial charge on any atom is -0.444 e. The average Bonchev–Trinajstić information content (AvgIpc) is 2.35. The van der Waals surface area contributed by atoms with Crippen LogP contribution in [0.4, 0.5) is 4.79 Å². The van der Waals surface area contributed by atoms with E-state index in [1.807, 2.05) is 31.2 Å². The van der Waals surface area contributed by atoms with Crippen LogP contribution in [0.1, 0.15) is 38.3 Å². The number of benzene rings is 1. The van der Waals surface area contributed by atoms with Gasteiger partial charge in [0.05, 0.1) is 0 Å². The second-order valence-electron chi connectivity index (χ2n) is 5.88. The van der Waals surface area contributed by atoms with Gasteiger partial charge in [-0.05, 0) is 38.8 Å². The van der Waals surface area contributed by atoms with Crippen molar-refractivity contribution in [2.75, 3.05) is 6.54 Å². The van der Waals surface area contributed by atoms with Crippen LogP contribution in [-0.2, 0) is 16.1 Å². The molecule has 1 aromatic carbocycles. The van der Waals surface area contributed by atoms with Crippen molar-refractivity contribution >= 4 is 12.0 Å². The molecule has 0 unspecified atom stereocenters.